The highest BCUT2D eigenvalue weighted by Crippen LogP contribution is 2.49. The molecule has 2 saturated carbocycles. The summed E-state index contributed by atoms with van der Waals surface area (Å²) in [6.07, 6.45) is 4.90. The van der Waals surface area contributed by atoms with E-state index < -0.39 is 0 Å². The summed E-state index contributed by atoms with van der Waals surface area (Å²) in [7, 11) is 0. The maximum atomic E-state index is 10.6. The highest BCUT2D eigenvalue weighted by atomic mass is 16.3. The van der Waals surface area contributed by atoms with E-state index in [2.05, 4.69) is 27.4 Å². The molecule has 1 N–H and O–H groups in total. The SMILES string of the molecule is C=C(C)C1CCC(C)C2CCC(C)C2C1O. The Labute approximate surface area is 99.9 Å². The molecule has 16 heavy (non-hydrogen) atoms. The Hall–Kier alpha value is -0.300. The van der Waals surface area contributed by atoms with Gasteiger partial charge in [-0.3, -0.25) is 0 Å². The Bertz CT molecular complexity index is 271. The van der Waals surface area contributed by atoms with Crippen LogP contribution in [0, 0.1) is 29.6 Å². The van der Waals surface area contributed by atoms with Crippen LogP contribution >= 0.6 is 0 Å². The maximum Gasteiger partial charge on any atom is 0.0638 e. The minimum atomic E-state index is -0.134. The van der Waals surface area contributed by atoms with Crippen molar-refractivity contribution in [3.63, 3.8) is 0 Å². The molecule has 6 unspecified atom stereocenters. The van der Waals surface area contributed by atoms with Crippen LogP contribution in [0.4, 0.5) is 0 Å². The van der Waals surface area contributed by atoms with Gasteiger partial charge in [-0.1, -0.05) is 32.4 Å². The zero-order chi connectivity index (χ0) is 11.9. The first kappa shape index (κ1) is 12.2. The maximum absolute atomic E-state index is 10.6. The van der Waals surface area contributed by atoms with Gasteiger partial charge in [0.1, 0.15) is 0 Å². The molecular weight excluding hydrogens is 196 g/mol. The van der Waals surface area contributed by atoms with Crippen LogP contribution in [0.15, 0.2) is 12.2 Å². The Morgan fingerprint density at radius 3 is 2.31 bits per heavy atom. The topological polar surface area (TPSA) is 20.2 Å². The molecule has 0 aromatic carbocycles. The molecule has 0 aliphatic heterocycles. The Morgan fingerprint density at radius 1 is 1.06 bits per heavy atom. The van der Waals surface area contributed by atoms with Crippen molar-refractivity contribution < 1.29 is 5.11 Å². The van der Waals surface area contributed by atoms with E-state index in [9.17, 15) is 5.11 Å². The van der Waals surface area contributed by atoms with Crippen LogP contribution in [0.2, 0.25) is 0 Å². The number of aliphatic hydroxyl groups excluding tert-OH is 1. The second-order valence-electron chi connectivity index (χ2n) is 6.29. The smallest absolute Gasteiger partial charge is 0.0638 e. The number of fused-ring (bicyclic) bond motifs is 1. The van der Waals surface area contributed by atoms with E-state index in [-0.39, 0.29) is 6.10 Å². The van der Waals surface area contributed by atoms with Crippen molar-refractivity contribution in [1.29, 1.82) is 0 Å². The van der Waals surface area contributed by atoms with Gasteiger partial charge in [-0.2, -0.15) is 0 Å². The van der Waals surface area contributed by atoms with Gasteiger partial charge in [0.25, 0.3) is 0 Å². The molecule has 0 saturated heterocycles. The van der Waals surface area contributed by atoms with E-state index in [0.29, 0.717) is 17.8 Å². The first-order valence-corrected chi connectivity index (χ1v) is 6.85. The van der Waals surface area contributed by atoms with Gasteiger partial charge in [-0.05, 0) is 49.9 Å². The molecule has 2 aliphatic rings. The van der Waals surface area contributed by atoms with Crippen LogP contribution in [0.5, 0.6) is 0 Å². The van der Waals surface area contributed by atoms with Gasteiger partial charge in [-0.15, -0.1) is 0 Å². The highest BCUT2D eigenvalue weighted by molar-refractivity contribution is 5.05. The van der Waals surface area contributed by atoms with E-state index in [0.717, 1.165) is 18.3 Å². The summed E-state index contributed by atoms with van der Waals surface area (Å²) in [6, 6.07) is 0. The third-order valence-corrected chi connectivity index (χ3v) is 5.21. The van der Waals surface area contributed by atoms with Crippen molar-refractivity contribution in [3.05, 3.63) is 12.2 Å². The van der Waals surface area contributed by atoms with Crippen LogP contribution in [0.1, 0.15) is 46.5 Å². The quantitative estimate of drug-likeness (QED) is 0.672. The van der Waals surface area contributed by atoms with Gasteiger partial charge in [0.15, 0.2) is 0 Å². The number of aliphatic hydroxyl groups is 1. The van der Waals surface area contributed by atoms with Crippen LogP contribution in [0.25, 0.3) is 0 Å². The van der Waals surface area contributed by atoms with Gasteiger partial charge >= 0.3 is 0 Å². The van der Waals surface area contributed by atoms with Crippen LogP contribution in [0.3, 0.4) is 0 Å². The zero-order valence-electron chi connectivity index (χ0n) is 10.9. The summed E-state index contributed by atoms with van der Waals surface area (Å²) in [5.41, 5.74) is 1.18. The molecule has 2 rings (SSSR count). The summed E-state index contributed by atoms with van der Waals surface area (Å²) in [5, 5.41) is 10.6. The molecule has 0 heterocycles. The monoisotopic (exact) mass is 222 g/mol. The fourth-order valence-corrected chi connectivity index (χ4v) is 4.15. The van der Waals surface area contributed by atoms with E-state index in [1.54, 1.807) is 0 Å². The lowest BCUT2D eigenvalue weighted by Gasteiger charge is -2.31. The minimum absolute atomic E-state index is 0.134. The second kappa shape index (κ2) is 4.52. The molecule has 0 aromatic rings. The Kier molecular flexibility index (Phi) is 3.44. The molecule has 2 fully saturated rings. The lowest BCUT2D eigenvalue weighted by Crippen LogP contribution is -2.34. The molecule has 6 atom stereocenters. The molecular formula is C15H26O. The number of hydrogen-bond acceptors (Lipinski definition) is 1. The first-order chi connectivity index (χ1) is 7.52. The van der Waals surface area contributed by atoms with Gasteiger partial charge in [0.2, 0.25) is 0 Å². The van der Waals surface area contributed by atoms with Crippen LogP contribution in [-0.2, 0) is 0 Å². The fraction of sp³-hybridized carbons (Fsp3) is 0.867. The van der Waals surface area contributed by atoms with E-state index >= 15 is 0 Å². The molecule has 0 spiro atoms. The molecule has 0 amide bonds. The largest absolute Gasteiger partial charge is 0.392 e. The minimum Gasteiger partial charge on any atom is -0.392 e. The van der Waals surface area contributed by atoms with Crippen molar-refractivity contribution in [2.24, 2.45) is 29.6 Å². The molecule has 0 aromatic heterocycles. The average molecular weight is 222 g/mol. The molecule has 2 aliphatic carbocycles. The standard InChI is InChI=1S/C15H26O/c1-9(2)12-7-5-10(3)13-8-6-11(4)14(13)15(12)16/h10-16H,1,5-8H2,2-4H3. The predicted octanol–water partition coefficient (Wildman–Crippen LogP) is 3.63. The van der Waals surface area contributed by atoms with Crippen molar-refractivity contribution in [2.45, 2.75) is 52.6 Å². The molecule has 0 bridgehead atoms. The van der Waals surface area contributed by atoms with E-state index in [1.165, 1.54) is 24.8 Å². The van der Waals surface area contributed by atoms with Crippen molar-refractivity contribution in [3.8, 4) is 0 Å². The van der Waals surface area contributed by atoms with Gasteiger partial charge in [0, 0.05) is 5.92 Å². The van der Waals surface area contributed by atoms with E-state index in [1.807, 2.05) is 0 Å². The van der Waals surface area contributed by atoms with Gasteiger partial charge < -0.3 is 5.11 Å². The summed E-state index contributed by atoms with van der Waals surface area (Å²) in [4.78, 5) is 0. The highest BCUT2D eigenvalue weighted by Gasteiger charge is 2.45. The van der Waals surface area contributed by atoms with Crippen molar-refractivity contribution in [2.75, 3.05) is 0 Å². The van der Waals surface area contributed by atoms with Crippen molar-refractivity contribution >= 4 is 0 Å². The summed E-state index contributed by atoms with van der Waals surface area (Å²) in [6.45, 7) is 10.9. The zero-order valence-corrected chi connectivity index (χ0v) is 10.9. The van der Waals surface area contributed by atoms with Gasteiger partial charge in [0.05, 0.1) is 6.10 Å². The molecule has 0 radical (unpaired) electrons. The first-order valence-electron chi connectivity index (χ1n) is 6.85. The second-order valence-corrected chi connectivity index (χ2v) is 6.29. The predicted molar refractivity (Wildman–Crippen MR) is 68.1 cm³/mol. The van der Waals surface area contributed by atoms with Gasteiger partial charge in [-0.25, -0.2) is 0 Å². The summed E-state index contributed by atoms with van der Waals surface area (Å²) >= 11 is 0. The lowest BCUT2D eigenvalue weighted by atomic mass is 9.77. The van der Waals surface area contributed by atoms with E-state index in [4.69, 9.17) is 0 Å². The average Bonchev–Trinajstić information content (AvgIpc) is 2.53. The summed E-state index contributed by atoms with van der Waals surface area (Å²) < 4.78 is 0. The third kappa shape index (κ3) is 1.95. The summed E-state index contributed by atoms with van der Waals surface area (Å²) in [5.74, 6) is 3.11. The lowest BCUT2D eigenvalue weighted by molar-refractivity contribution is 0.0320. The van der Waals surface area contributed by atoms with Crippen molar-refractivity contribution in [1.82, 2.24) is 0 Å². The third-order valence-electron chi connectivity index (χ3n) is 5.21. The number of rotatable bonds is 1. The van der Waals surface area contributed by atoms with Crippen LogP contribution < -0.4 is 0 Å². The molecule has 1 heteroatoms. The van der Waals surface area contributed by atoms with Crippen LogP contribution in [-0.4, -0.2) is 11.2 Å². The Morgan fingerprint density at radius 2 is 1.69 bits per heavy atom. The molecule has 1 nitrogen and oxygen atoms in total. The fourth-order valence-electron chi connectivity index (χ4n) is 4.15. The normalized spacial score (nSPS) is 48.5. The number of hydrogen-bond donors (Lipinski definition) is 1. The molecule has 92 valence electrons. The Balaban J connectivity index is 2.24.